The van der Waals surface area contributed by atoms with E-state index in [2.05, 4.69) is 51.0 Å². The number of carbonyl (C=O) groups excluding carboxylic acids is 1. The summed E-state index contributed by atoms with van der Waals surface area (Å²) in [4.78, 5) is 21.1. The molecule has 0 radical (unpaired) electrons. The molecule has 0 aliphatic carbocycles. The van der Waals surface area contributed by atoms with Gasteiger partial charge in [-0.05, 0) is 24.3 Å². The van der Waals surface area contributed by atoms with E-state index in [0.717, 1.165) is 28.5 Å². The van der Waals surface area contributed by atoms with E-state index in [1.54, 1.807) is 0 Å². The van der Waals surface area contributed by atoms with Crippen LogP contribution in [0.2, 0.25) is 0 Å². The van der Waals surface area contributed by atoms with Crippen LogP contribution in [0.15, 0.2) is 28.7 Å². The number of rotatable bonds is 4. The van der Waals surface area contributed by atoms with Gasteiger partial charge in [-0.15, -0.1) is 0 Å². The van der Waals surface area contributed by atoms with Crippen LogP contribution >= 0.6 is 27.5 Å². The molecule has 1 aliphatic rings. The van der Waals surface area contributed by atoms with Gasteiger partial charge in [0.2, 0.25) is 5.13 Å². The van der Waals surface area contributed by atoms with Gasteiger partial charge in [0.15, 0.2) is 6.61 Å². The Morgan fingerprint density at radius 1 is 1.19 bits per heavy atom. The second-order valence-electron chi connectivity index (χ2n) is 7.26. The number of hydrogen-bond donors (Lipinski definition) is 0. The van der Waals surface area contributed by atoms with Gasteiger partial charge in [-0.3, -0.25) is 4.79 Å². The Labute approximate surface area is 166 Å². The number of anilines is 1. The highest BCUT2D eigenvalue weighted by molar-refractivity contribution is 9.10. The summed E-state index contributed by atoms with van der Waals surface area (Å²) >= 11 is 4.82. The van der Waals surface area contributed by atoms with E-state index < -0.39 is 0 Å². The molecule has 1 amide bonds. The third-order valence-corrected chi connectivity index (χ3v) is 5.47. The van der Waals surface area contributed by atoms with Crippen LogP contribution in [0.5, 0.6) is 5.75 Å². The van der Waals surface area contributed by atoms with Crippen LogP contribution in [0.3, 0.4) is 0 Å². The van der Waals surface area contributed by atoms with Crippen molar-refractivity contribution in [2.24, 2.45) is 0 Å². The van der Waals surface area contributed by atoms with E-state index in [0.29, 0.717) is 18.8 Å². The van der Waals surface area contributed by atoms with Gasteiger partial charge in [-0.1, -0.05) is 36.7 Å². The van der Waals surface area contributed by atoms with Crippen molar-refractivity contribution in [1.82, 2.24) is 14.3 Å². The Morgan fingerprint density at radius 2 is 1.85 bits per heavy atom. The Balaban J connectivity index is 1.49. The molecule has 1 aliphatic heterocycles. The predicted octanol–water partition coefficient (Wildman–Crippen LogP) is 3.33. The lowest BCUT2D eigenvalue weighted by Gasteiger charge is -2.34. The lowest BCUT2D eigenvalue weighted by atomic mass is 9.96. The highest BCUT2D eigenvalue weighted by Gasteiger charge is 2.25. The Morgan fingerprint density at radius 3 is 2.42 bits per heavy atom. The SMILES string of the molecule is CC(C)(C)c1nsc(N2CCN(C(=O)COc3ccc(Br)cc3)CC2)n1. The van der Waals surface area contributed by atoms with Gasteiger partial charge < -0.3 is 14.5 Å². The highest BCUT2D eigenvalue weighted by Crippen LogP contribution is 2.26. The fourth-order valence-electron chi connectivity index (χ4n) is 2.56. The first-order valence-electron chi connectivity index (χ1n) is 8.58. The molecule has 1 saturated heterocycles. The fraction of sp³-hybridized carbons (Fsp3) is 0.500. The van der Waals surface area contributed by atoms with E-state index >= 15 is 0 Å². The standard InChI is InChI=1S/C18H23BrN4O2S/c1-18(2,3)16-20-17(26-21-16)23-10-8-22(9-11-23)15(24)12-25-14-6-4-13(19)5-7-14/h4-7H,8-12H2,1-3H3. The van der Waals surface area contributed by atoms with Gasteiger partial charge >= 0.3 is 0 Å². The first-order chi connectivity index (χ1) is 12.3. The van der Waals surface area contributed by atoms with Gasteiger partial charge in [0.25, 0.3) is 5.91 Å². The molecular formula is C18H23BrN4O2S. The van der Waals surface area contributed by atoms with E-state index in [-0.39, 0.29) is 17.9 Å². The van der Waals surface area contributed by atoms with E-state index in [4.69, 9.17) is 4.74 Å². The van der Waals surface area contributed by atoms with Crippen molar-refractivity contribution in [3.63, 3.8) is 0 Å². The van der Waals surface area contributed by atoms with Crippen molar-refractivity contribution in [2.45, 2.75) is 26.2 Å². The van der Waals surface area contributed by atoms with Crippen LogP contribution < -0.4 is 9.64 Å². The Hall–Kier alpha value is -1.67. The molecule has 8 heteroatoms. The molecule has 1 aromatic heterocycles. The minimum absolute atomic E-state index is 0.0141. The number of halogens is 1. The minimum atomic E-state index is -0.0447. The van der Waals surface area contributed by atoms with Crippen molar-refractivity contribution in [3.05, 3.63) is 34.6 Å². The summed E-state index contributed by atoms with van der Waals surface area (Å²) < 4.78 is 11.0. The smallest absolute Gasteiger partial charge is 0.260 e. The zero-order valence-electron chi connectivity index (χ0n) is 15.2. The first-order valence-corrected chi connectivity index (χ1v) is 10.1. The largest absolute Gasteiger partial charge is 0.484 e. The molecule has 0 saturated carbocycles. The first kappa shape index (κ1) is 19.1. The van der Waals surface area contributed by atoms with Gasteiger partial charge in [-0.2, -0.15) is 4.37 Å². The molecular weight excluding hydrogens is 416 g/mol. The fourth-order valence-corrected chi connectivity index (χ4v) is 3.74. The zero-order chi connectivity index (χ0) is 18.7. The van der Waals surface area contributed by atoms with E-state index in [1.165, 1.54) is 11.5 Å². The number of piperazine rings is 1. The van der Waals surface area contributed by atoms with Crippen molar-refractivity contribution in [1.29, 1.82) is 0 Å². The summed E-state index contributed by atoms with van der Waals surface area (Å²) in [5.74, 6) is 1.59. The molecule has 1 aromatic carbocycles. The molecule has 2 heterocycles. The number of benzene rings is 1. The Kier molecular flexibility index (Phi) is 5.82. The van der Waals surface area contributed by atoms with Gasteiger partial charge in [0, 0.05) is 47.6 Å². The number of carbonyl (C=O) groups is 1. The van der Waals surface area contributed by atoms with Gasteiger partial charge in [-0.25, -0.2) is 4.98 Å². The molecule has 2 aromatic rings. The summed E-state index contributed by atoms with van der Waals surface area (Å²) in [6, 6.07) is 7.48. The van der Waals surface area contributed by atoms with Crippen LogP contribution in [-0.4, -0.2) is 53.0 Å². The third kappa shape index (κ3) is 4.73. The zero-order valence-corrected chi connectivity index (χ0v) is 17.6. The number of aromatic nitrogens is 2. The maximum absolute atomic E-state index is 12.4. The van der Waals surface area contributed by atoms with Gasteiger partial charge in [0.05, 0.1) is 0 Å². The van der Waals surface area contributed by atoms with Crippen LogP contribution in [0.25, 0.3) is 0 Å². The quantitative estimate of drug-likeness (QED) is 0.732. The van der Waals surface area contributed by atoms with Crippen molar-refractivity contribution in [2.75, 3.05) is 37.7 Å². The highest BCUT2D eigenvalue weighted by atomic mass is 79.9. The monoisotopic (exact) mass is 438 g/mol. The number of ether oxygens (including phenoxy) is 1. The summed E-state index contributed by atoms with van der Waals surface area (Å²) in [7, 11) is 0. The number of hydrogen-bond acceptors (Lipinski definition) is 6. The normalized spacial score (nSPS) is 15.2. The third-order valence-electron chi connectivity index (χ3n) is 4.16. The lowest BCUT2D eigenvalue weighted by Crippen LogP contribution is -2.50. The molecule has 0 N–H and O–H groups in total. The molecule has 1 fully saturated rings. The van der Waals surface area contributed by atoms with Crippen LogP contribution in [-0.2, 0) is 10.2 Å². The average molecular weight is 439 g/mol. The summed E-state index contributed by atoms with van der Waals surface area (Å²) in [5, 5.41) is 0.938. The second kappa shape index (κ2) is 7.92. The molecule has 140 valence electrons. The molecule has 3 rings (SSSR count). The predicted molar refractivity (Wildman–Crippen MR) is 107 cm³/mol. The maximum atomic E-state index is 12.4. The maximum Gasteiger partial charge on any atom is 0.260 e. The number of nitrogens with zero attached hydrogens (tertiary/aromatic N) is 4. The molecule has 6 nitrogen and oxygen atoms in total. The van der Waals surface area contributed by atoms with Crippen molar-refractivity contribution < 1.29 is 9.53 Å². The van der Waals surface area contributed by atoms with Gasteiger partial charge in [0.1, 0.15) is 11.6 Å². The molecule has 0 bridgehead atoms. The summed E-state index contributed by atoms with van der Waals surface area (Å²) in [6.45, 7) is 9.28. The number of amides is 1. The van der Waals surface area contributed by atoms with Crippen molar-refractivity contribution in [3.8, 4) is 5.75 Å². The minimum Gasteiger partial charge on any atom is -0.484 e. The van der Waals surface area contributed by atoms with E-state index in [1.807, 2.05) is 29.2 Å². The average Bonchev–Trinajstić information content (AvgIpc) is 3.12. The van der Waals surface area contributed by atoms with E-state index in [9.17, 15) is 4.79 Å². The molecule has 0 atom stereocenters. The molecule has 0 spiro atoms. The summed E-state index contributed by atoms with van der Waals surface area (Å²) in [6.07, 6.45) is 0. The topological polar surface area (TPSA) is 58.6 Å². The second-order valence-corrected chi connectivity index (χ2v) is 8.91. The van der Waals surface area contributed by atoms with Crippen LogP contribution in [0.4, 0.5) is 5.13 Å². The van der Waals surface area contributed by atoms with Crippen LogP contribution in [0.1, 0.15) is 26.6 Å². The summed E-state index contributed by atoms with van der Waals surface area (Å²) in [5.41, 5.74) is -0.0447. The molecule has 26 heavy (non-hydrogen) atoms. The Bertz CT molecular complexity index is 749. The molecule has 0 unspecified atom stereocenters. The van der Waals surface area contributed by atoms with Crippen LogP contribution in [0, 0.1) is 0 Å². The van der Waals surface area contributed by atoms with Crippen molar-refractivity contribution >= 4 is 38.5 Å². The lowest BCUT2D eigenvalue weighted by molar-refractivity contribution is -0.133.